The molecule has 6 heteroatoms. The van der Waals surface area contributed by atoms with Crippen LogP contribution in [0.4, 0.5) is 5.88 Å². The molecule has 2 bridgehead atoms. The first-order valence-corrected chi connectivity index (χ1v) is 7.29. The molecule has 110 valence electrons. The van der Waals surface area contributed by atoms with E-state index < -0.39 is 0 Å². The Bertz CT molecular complexity index is 475. The van der Waals surface area contributed by atoms with Crippen LogP contribution in [-0.4, -0.2) is 47.7 Å². The minimum Gasteiger partial charge on any atom is -0.338 e. The monoisotopic (exact) mass is 278 g/mol. The topological polar surface area (TPSA) is 70.4 Å². The Morgan fingerprint density at radius 3 is 2.80 bits per heavy atom. The molecule has 2 aliphatic heterocycles. The van der Waals surface area contributed by atoms with Crippen LogP contribution in [0.5, 0.6) is 0 Å². The fraction of sp³-hybridized carbons (Fsp3) is 0.714. The van der Waals surface area contributed by atoms with Gasteiger partial charge < -0.3 is 9.84 Å². The molecule has 2 fully saturated rings. The lowest BCUT2D eigenvalue weighted by molar-refractivity contribution is -0.117. The van der Waals surface area contributed by atoms with E-state index in [0.717, 1.165) is 18.5 Å². The fourth-order valence-electron chi connectivity index (χ4n) is 3.34. The van der Waals surface area contributed by atoms with Crippen LogP contribution in [0.15, 0.2) is 10.6 Å². The van der Waals surface area contributed by atoms with Gasteiger partial charge in [0.05, 0.1) is 12.2 Å². The first-order valence-electron chi connectivity index (χ1n) is 7.29. The molecule has 1 aromatic rings. The summed E-state index contributed by atoms with van der Waals surface area (Å²) in [5, 5.41) is 10.1. The summed E-state index contributed by atoms with van der Waals surface area (Å²) in [5.41, 5.74) is 0.767. The van der Waals surface area contributed by atoms with E-state index in [1.165, 1.54) is 12.8 Å². The van der Waals surface area contributed by atoms with Gasteiger partial charge in [-0.3, -0.25) is 15.0 Å². The summed E-state index contributed by atoms with van der Waals surface area (Å²) in [6.45, 7) is 2.22. The molecule has 3 heterocycles. The zero-order chi connectivity index (χ0) is 14.1. The Hall–Kier alpha value is -1.40. The Morgan fingerprint density at radius 1 is 1.50 bits per heavy atom. The van der Waals surface area contributed by atoms with Gasteiger partial charge in [0.1, 0.15) is 0 Å². The molecule has 0 radical (unpaired) electrons. The van der Waals surface area contributed by atoms with E-state index in [0.29, 0.717) is 30.6 Å². The van der Waals surface area contributed by atoms with E-state index in [1.807, 2.05) is 14.0 Å². The summed E-state index contributed by atoms with van der Waals surface area (Å²) >= 11 is 0. The van der Waals surface area contributed by atoms with Crippen LogP contribution in [0.3, 0.4) is 0 Å². The third-order valence-corrected chi connectivity index (χ3v) is 4.36. The number of carbonyl (C=O) groups is 1. The average Bonchev–Trinajstić information content (AvgIpc) is 2.95. The van der Waals surface area contributed by atoms with E-state index in [2.05, 4.69) is 20.7 Å². The smallest absolute Gasteiger partial charge is 0.240 e. The number of carbonyl (C=O) groups excluding carboxylic acids is 1. The van der Waals surface area contributed by atoms with E-state index in [-0.39, 0.29) is 5.91 Å². The number of fused-ring (bicyclic) bond motifs is 2. The largest absolute Gasteiger partial charge is 0.338 e. The predicted octanol–water partition coefficient (Wildman–Crippen LogP) is 1.14. The number of nitrogens with zero attached hydrogens (tertiary/aromatic N) is 2. The van der Waals surface area contributed by atoms with E-state index >= 15 is 0 Å². The zero-order valence-electron chi connectivity index (χ0n) is 12.1. The van der Waals surface area contributed by atoms with Gasteiger partial charge in [-0.25, -0.2) is 0 Å². The van der Waals surface area contributed by atoms with Gasteiger partial charge in [0.25, 0.3) is 0 Å². The van der Waals surface area contributed by atoms with Crippen LogP contribution in [0.25, 0.3) is 0 Å². The number of likely N-dealkylation sites (N-methyl/N-ethyl adjacent to an activating group) is 1. The summed E-state index contributed by atoms with van der Waals surface area (Å²) in [5.74, 6) is 0.376. The quantitative estimate of drug-likeness (QED) is 0.864. The minimum atomic E-state index is -0.0467. The summed E-state index contributed by atoms with van der Waals surface area (Å²) in [6, 6.07) is 3.50. The van der Waals surface area contributed by atoms with Crippen molar-refractivity contribution < 1.29 is 9.32 Å². The van der Waals surface area contributed by atoms with Crippen molar-refractivity contribution >= 4 is 11.8 Å². The highest BCUT2D eigenvalue weighted by molar-refractivity contribution is 5.90. The molecule has 2 N–H and O–H groups in total. The maximum atomic E-state index is 12.0. The number of anilines is 1. The van der Waals surface area contributed by atoms with Crippen LogP contribution in [0, 0.1) is 6.92 Å². The molecule has 3 rings (SSSR count). The highest BCUT2D eigenvalue weighted by Gasteiger charge is 2.35. The lowest BCUT2D eigenvalue weighted by atomic mass is 9.98. The van der Waals surface area contributed by atoms with Gasteiger partial charge in [-0.15, -0.1) is 0 Å². The maximum absolute atomic E-state index is 12.0. The second-order valence-electron chi connectivity index (χ2n) is 6.06. The molecule has 6 nitrogen and oxygen atoms in total. The lowest BCUT2D eigenvalue weighted by Crippen LogP contribution is -2.48. The van der Waals surface area contributed by atoms with Gasteiger partial charge in [-0.2, -0.15) is 0 Å². The molecular formula is C14H22N4O2. The predicted molar refractivity (Wildman–Crippen MR) is 75.5 cm³/mol. The molecule has 0 spiro atoms. The standard InChI is InChI=1S/C14H22N4O2/c1-9-5-14(20-17-9)16-13(19)8-18(2)12-6-10-3-4-11(7-12)15-10/h5,10-12,15H,3-4,6-8H2,1-2H3,(H,16,19). The number of piperidine rings is 1. The third-order valence-electron chi connectivity index (χ3n) is 4.36. The number of aromatic nitrogens is 1. The fourth-order valence-corrected chi connectivity index (χ4v) is 3.34. The average molecular weight is 278 g/mol. The van der Waals surface area contributed by atoms with Gasteiger partial charge in [0.15, 0.2) is 0 Å². The van der Waals surface area contributed by atoms with Gasteiger partial charge in [0, 0.05) is 24.2 Å². The van der Waals surface area contributed by atoms with Crippen LogP contribution in [-0.2, 0) is 4.79 Å². The molecule has 2 saturated heterocycles. The number of aryl methyl sites for hydroxylation is 1. The number of hydrogen-bond acceptors (Lipinski definition) is 5. The number of amides is 1. The first-order chi connectivity index (χ1) is 9.60. The first kappa shape index (κ1) is 13.6. The SMILES string of the molecule is Cc1cc(NC(=O)CN(C)C2CC3CCC(C2)N3)on1. The Labute approximate surface area is 118 Å². The van der Waals surface area contributed by atoms with E-state index in [4.69, 9.17) is 4.52 Å². The van der Waals surface area contributed by atoms with Gasteiger partial charge in [-0.05, 0) is 39.7 Å². The number of rotatable bonds is 4. The molecule has 2 unspecified atom stereocenters. The third kappa shape index (κ3) is 3.02. The van der Waals surface area contributed by atoms with Gasteiger partial charge in [-0.1, -0.05) is 5.16 Å². The van der Waals surface area contributed by atoms with Crippen molar-refractivity contribution in [3.63, 3.8) is 0 Å². The summed E-state index contributed by atoms with van der Waals surface area (Å²) in [6.07, 6.45) is 4.83. The summed E-state index contributed by atoms with van der Waals surface area (Å²) in [7, 11) is 2.03. The van der Waals surface area contributed by atoms with Crippen LogP contribution < -0.4 is 10.6 Å². The summed E-state index contributed by atoms with van der Waals surface area (Å²) < 4.78 is 5.00. The van der Waals surface area contributed by atoms with Crippen molar-refractivity contribution in [3.8, 4) is 0 Å². The molecule has 1 aromatic heterocycles. The highest BCUT2D eigenvalue weighted by Crippen LogP contribution is 2.29. The van der Waals surface area contributed by atoms with Crippen LogP contribution in [0.2, 0.25) is 0 Å². The molecule has 2 aliphatic rings. The lowest BCUT2D eigenvalue weighted by Gasteiger charge is -2.35. The molecule has 0 aromatic carbocycles. The van der Waals surface area contributed by atoms with Crippen molar-refractivity contribution in [2.24, 2.45) is 0 Å². The Morgan fingerprint density at radius 2 is 2.20 bits per heavy atom. The van der Waals surface area contributed by atoms with Crippen molar-refractivity contribution in [3.05, 3.63) is 11.8 Å². The molecule has 20 heavy (non-hydrogen) atoms. The Kier molecular flexibility index (Phi) is 3.76. The molecule has 0 aliphatic carbocycles. The summed E-state index contributed by atoms with van der Waals surface area (Å²) in [4.78, 5) is 14.2. The highest BCUT2D eigenvalue weighted by atomic mass is 16.5. The Balaban J connectivity index is 1.50. The minimum absolute atomic E-state index is 0.0467. The molecular weight excluding hydrogens is 256 g/mol. The molecule has 1 amide bonds. The van der Waals surface area contributed by atoms with E-state index in [1.54, 1.807) is 6.07 Å². The molecule has 2 atom stereocenters. The molecule has 0 saturated carbocycles. The second kappa shape index (κ2) is 5.54. The zero-order valence-corrected chi connectivity index (χ0v) is 12.1. The van der Waals surface area contributed by atoms with Crippen molar-refractivity contribution in [2.75, 3.05) is 18.9 Å². The van der Waals surface area contributed by atoms with Gasteiger partial charge >= 0.3 is 0 Å². The van der Waals surface area contributed by atoms with Gasteiger partial charge in [0.2, 0.25) is 11.8 Å². The normalized spacial score (nSPS) is 28.9. The van der Waals surface area contributed by atoms with Crippen LogP contribution in [0.1, 0.15) is 31.4 Å². The van der Waals surface area contributed by atoms with Crippen molar-refractivity contribution in [2.45, 2.75) is 50.7 Å². The van der Waals surface area contributed by atoms with Crippen LogP contribution >= 0.6 is 0 Å². The second-order valence-corrected chi connectivity index (χ2v) is 6.06. The number of hydrogen-bond donors (Lipinski definition) is 2. The maximum Gasteiger partial charge on any atom is 0.240 e. The van der Waals surface area contributed by atoms with E-state index in [9.17, 15) is 4.79 Å². The van der Waals surface area contributed by atoms with Crippen molar-refractivity contribution in [1.29, 1.82) is 0 Å². The van der Waals surface area contributed by atoms with Crippen molar-refractivity contribution in [1.82, 2.24) is 15.4 Å². The number of nitrogens with one attached hydrogen (secondary N) is 2.